The number of hydrogen-bond donors (Lipinski definition) is 5. The van der Waals surface area contributed by atoms with E-state index in [0.717, 1.165) is 4.90 Å². The van der Waals surface area contributed by atoms with Crippen LogP contribution in [0.25, 0.3) is 0 Å². The number of amidine groups is 2. The Bertz CT molecular complexity index is 1430. The number of alkyl halides is 2. The second kappa shape index (κ2) is 12.4. The molecule has 41 heavy (non-hydrogen) atoms. The molecule has 2 heterocycles. The molecule has 0 unspecified atom stereocenters. The number of nitrogens with zero attached hydrogens (tertiary/aromatic N) is 1. The normalized spacial score (nSPS) is 18.9. The number of hydrogen-bond acceptors (Lipinski definition) is 6. The van der Waals surface area contributed by atoms with Crippen LogP contribution in [0.4, 0.5) is 13.2 Å². The number of benzene rings is 2. The summed E-state index contributed by atoms with van der Waals surface area (Å²) in [6, 6.07) is 11.8. The molecule has 1 aromatic heterocycles. The second-order valence-corrected chi connectivity index (χ2v) is 10.7. The molecule has 216 valence electrons. The van der Waals surface area contributed by atoms with Gasteiger partial charge in [-0.1, -0.05) is 0 Å². The summed E-state index contributed by atoms with van der Waals surface area (Å²) in [5, 5.41) is 22.9. The first-order chi connectivity index (χ1) is 19.5. The van der Waals surface area contributed by atoms with Crippen molar-refractivity contribution in [3.63, 3.8) is 0 Å². The molecule has 6 N–H and O–H groups in total. The summed E-state index contributed by atoms with van der Waals surface area (Å²) >= 11 is 1.29. The van der Waals surface area contributed by atoms with E-state index < -0.39 is 55.8 Å². The Labute approximate surface area is 238 Å². The highest BCUT2D eigenvalue weighted by molar-refractivity contribution is 7.10. The number of likely N-dealkylation sites (tertiary alicyclic amines) is 1. The smallest absolute Gasteiger partial charge is 0.243 e. The minimum Gasteiger partial charge on any atom is -0.457 e. The van der Waals surface area contributed by atoms with E-state index in [2.05, 4.69) is 10.6 Å². The van der Waals surface area contributed by atoms with Gasteiger partial charge in [-0.05, 0) is 61.5 Å². The van der Waals surface area contributed by atoms with E-state index in [9.17, 15) is 18.4 Å². The molecule has 0 saturated carbocycles. The van der Waals surface area contributed by atoms with E-state index in [1.807, 2.05) is 0 Å². The molecule has 13 heteroatoms. The van der Waals surface area contributed by atoms with Crippen LogP contribution in [-0.4, -0.2) is 59.9 Å². The van der Waals surface area contributed by atoms with Gasteiger partial charge in [0, 0.05) is 27.8 Å². The van der Waals surface area contributed by atoms with Gasteiger partial charge in [0.05, 0.1) is 19.1 Å². The van der Waals surface area contributed by atoms with E-state index in [-0.39, 0.29) is 17.5 Å². The summed E-state index contributed by atoms with van der Waals surface area (Å²) in [5.74, 6) is -1.01. The summed E-state index contributed by atoms with van der Waals surface area (Å²) in [5.41, 5.74) is 4.07. The zero-order chi connectivity index (χ0) is 29.7. The highest BCUT2D eigenvalue weighted by Gasteiger charge is 2.49. The van der Waals surface area contributed by atoms with Gasteiger partial charge in [-0.15, -0.1) is 11.3 Å². The van der Waals surface area contributed by atoms with Gasteiger partial charge in [0.1, 0.15) is 41.7 Å². The lowest BCUT2D eigenvalue weighted by molar-refractivity contribution is -0.138. The molecular weight excluding hydrogens is 557 g/mol. The molecule has 1 aliphatic heterocycles. The number of rotatable bonds is 10. The minimum atomic E-state index is -2.36. The minimum absolute atomic E-state index is 0.100. The summed E-state index contributed by atoms with van der Waals surface area (Å²) < 4.78 is 47.2. The van der Waals surface area contributed by atoms with Gasteiger partial charge >= 0.3 is 0 Å². The Balaban J connectivity index is 1.36. The van der Waals surface area contributed by atoms with Gasteiger partial charge < -0.3 is 26.0 Å². The lowest BCUT2D eigenvalue weighted by Gasteiger charge is -2.25. The highest BCUT2D eigenvalue weighted by atomic mass is 32.1. The van der Waals surface area contributed by atoms with Crippen molar-refractivity contribution in [2.75, 3.05) is 19.8 Å². The van der Waals surface area contributed by atoms with Crippen LogP contribution in [0.5, 0.6) is 11.5 Å². The zero-order valence-corrected chi connectivity index (χ0v) is 22.9. The molecule has 1 aliphatic rings. The molecule has 0 radical (unpaired) electrons. The van der Waals surface area contributed by atoms with Crippen molar-refractivity contribution in [1.29, 1.82) is 10.8 Å². The summed E-state index contributed by atoms with van der Waals surface area (Å²) in [6.07, 6.45) is -0.496. The lowest BCUT2D eigenvalue weighted by Crippen LogP contribution is -2.49. The Morgan fingerprint density at radius 3 is 2.37 bits per heavy atom. The van der Waals surface area contributed by atoms with Crippen LogP contribution in [0.1, 0.15) is 35.4 Å². The monoisotopic (exact) mass is 586 g/mol. The molecule has 0 spiro atoms. The van der Waals surface area contributed by atoms with Crippen LogP contribution in [0.2, 0.25) is 0 Å². The Morgan fingerprint density at radius 1 is 1.15 bits per heavy atom. The predicted molar refractivity (Wildman–Crippen MR) is 150 cm³/mol. The van der Waals surface area contributed by atoms with Gasteiger partial charge in [0.15, 0.2) is 5.67 Å². The van der Waals surface area contributed by atoms with Crippen molar-refractivity contribution >= 4 is 34.8 Å². The van der Waals surface area contributed by atoms with Crippen molar-refractivity contribution in [3.05, 3.63) is 81.8 Å². The molecule has 1 fully saturated rings. The van der Waals surface area contributed by atoms with Crippen molar-refractivity contribution in [3.8, 4) is 11.5 Å². The van der Waals surface area contributed by atoms with Crippen LogP contribution >= 0.6 is 11.3 Å². The number of nitrogen functional groups attached to an aromatic ring is 1. The van der Waals surface area contributed by atoms with Gasteiger partial charge in [0.2, 0.25) is 11.8 Å². The van der Waals surface area contributed by atoms with Crippen LogP contribution in [0.15, 0.2) is 60.0 Å². The van der Waals surface area contributed by atoms with Crippen LogP contribution in [0, 0.1) is 16.6 Å². The third kappa shape index (κ3) is 7.23. The topological polar surface area (TPSA) is 144 Å². The Kier molecular flexibility index (Phi) is 8.96. The molecule has 3 aromatic rings. The van der Waals surface area contributed by atoms with Crippen molar-refractivity contribution in [1.82, 2.24) is 15.5 Å². The molecular formula is C28H29F3N6O3S. The molecule has 2 aromatic carbocycles. The molecule has 1 saturated heterocycles. The van der Waals surface area contributed by atoms with Gasteiger partial charge in [-0.25, -0.2) is 13.2 Å². The lowest BCUT2D eigenvalue weighted by atomic mass is 10.0. The number of thiophene rings is 1. The number of carbonyl (C=O) groups excluding carboxylic acids is 2. The van der Waals surface area contributed by atoms with Crippen LogP contribution < -0.4 is 21.1 Å². The quantitative estimate of drug-likeness (QED) is 0.180. The maximum absolute atomic E-state index is 15.0. The fourth-order valence-electron chi connectivity index (χ4n) is 4.33. The first kappa shape index (κ1) is 29.6. The van der Waals surface area contributed by atoms with E-state index in [0.29, 0.717) is 27.5 Å². The van der Waals surface area contributed by atoms with E-state index in [1.165, 1.54) is 35.6 Å². The van der Waals surface area contributed by atoms with Gasteiger partial charge in [-0.3, -0.25) is 20.4 Å². The molecule has 9 nitrogen and oxygen atoms in total. The maximum atomic E-state index is 15.0. The standard InChI is InChI=1S/C28H29F3N6O3S/c1-16(23-10-18(13-41-23)25(32)33)36-27(39)22-11-28(31,14-29)15-37(22)24(38)12-35-26(34)17-2-6-20(7-3-17)40-21-8-4-19(30)5-9-21/h2-10,13,16,22H,11-12,14-15H2,1H3,(H3,32,33)(H2,34,35)(H,36,39)/t16-,22+,28+/m1/s1. The average Bonchev–Trinajstić information content (AvgIpc) is 3.59. The molecule has 4 rings (SSSR count). The number of halogens is 3. The fourth-order valence-corrected chi connectivity index (χ4v) is 5.24. The van der Waals surface area contributed by atoms with E-state index in [1.54, 1.807) is 42.6 Å². The largest absolute Gasteiger partial charge is 0.457 e. The second-order valence-electron chi connectivity index (χ2n) is 9.72. The maximum Gasteiger partial charge on any atom is 0.243 e. The van der Waals surface area contributed by atoms with Gasteiger partial charge in [0.25, 0.3) is 0 Å². The first-order valence-corrected chi connectivity index (χ1v) is 13.5. The average molecular weight is 587 g/mol. The third-order valence-corrected chi connectivity index (χ3v) is 7.69. The summed E-state index contributed by atoms with van der Waals surface area (Å²) in [7, 11) is 0. The molecule has 0 bridgehead atoms. The number of ether oxygens (including phenoxy) is 1. The Morgan fingerprint density at radius 2 is 1.78 bits per heavy atom. The van der Waals surface area contributed by atoms with Crippen molar-refractivity contribution < 1.29 is 27.5 Å². The van der Waals surface area contributed by atoms with Crippen molar-refractivity contribution in [2.45, 2.75) is 31.1 Å². The SMILES string of the molecule is C[C@@H](NC(=O)[C@@H]1C[C@](F)(CF)CN1C(=O)CNC(=N)c1ccc(Oc2ccc(F)cc2)cc1)c1cc(C(=N)N)cs1. The number of carbonyl (C=O) groups is 2. The predicted octanol–water partition coefficient (Wildman–Crippen LogP) is 4.03. The first-order valence-electron chi connectivity index (χ1n) is 12.6. The fraction of sp³-hybridized carbons (Fsp3) is 0.286. The van der Waals surface area contributed by atoms with Crippen molar-refractivity contribution in [2.24, 2.45) is 5.73 Å². The van der Waals surface area contributed by atoms with Gasteiger partial charge in [-0.2, -0.15) is 0 Å². The van der Waals surface area contributed by atoms with E-state index in [4.69, 9.17) is 21.3 Å². The third-order valence-electron chi connectivity index (χ3n) is 6.58. The summed E-state index contributed by atoms with van der Waals surface area (Å²) in [4.78, 5) is 27.8. The molecule has 3 atom stereocenters. The highest BCUT2D eigenvalue weighted by Crippen LogP contribution is 2.32. The van der Waals surface area contributed by atoms with E-state index >= 15 is 4.39 Å². The number of nitrogens with one attached hydrogen (secondary N) is 4. The summed E-state index contributed by atoms with van der Waals surface area (Å²) in [6.45, 7) is -0.655. The number of amides is 2. The van der Waals surface area contributed by atoms with Crippen LogP contribution in [0.3, 0.4) is 0 Å². The molecule has 2 amide bonds. The zero-order valence-electron chi connectivity index (χ0n) is 22.0. The van der Waals surface area contributed by atoms with Crippen LogP contribution in [-0.2, 0) is 9.59 Å². The Hall–Kier alpha value is -4.39. The number of nitrogens with two attached hydrogens (primary N) is 1. The molecule has 0 aliphatic carbocycles.